The van der Waals surface area contributed by atoms with Gasteiger partial charge in [0.05, 0.1) is 10.4 Å². The molecule has 0 unspecified atom stereocenters. The zero-order valence-corrected chi connectivity index (χ0v) is 10.3. The molecule has 0 spiro atoms. The summed E-state index contributed by atoms with van der Waals surface area (Å²) in [5, 5.41) is 0.274. The number of aromatic nitrogens is 2. The summed E-state index contributed by atoms with van der Waals surface area (Å²) in [4.78, 5) is 6.20. The second kappa shape index (κ2) is 4.28. The molecule has 0 fully saturated rings. The van der Waals surface area contributed by atoms with Gasteiger partial charge >= 0.3 is 22.4 Å². The maximum atomic E-state index is 10.8. The van der Waals surface area contributed by atoms with Gasteiger partial charge in [-0.3, -0.25) is 0 Å². The van der Waals surface area contributed by atoms with Crippen LogP contribution in [0.15, 0.2) is 28.3 Å². The maximum absolute atomic E-state index is 10.8. The first-order chi connectivity index (χ1) is 6.48. The number of rotatable bonds is 1. The molecular weight excluding hydrogens is 332 g/mol. The molecule has 1 aromatic heterocycles. The van der Waals surface area contributed by atoms with E-state index in [4.69, 9.17) is 0 Å². The summed E-state index contributed by atoms with van der Waals surface area (Å²) in [7, 11) is -4.48. The van der Waals surface area contributed by atoms with Gasteiger partial charge in [-0.1, -0.05) is 6.07 Å². The van der Waals surface area contributed by atoms with E-state index in [1.165, 1.54) is 12.1 Å². The summed E-state index contributed by atoms with van der Waals surface area (Å²) < 4.78 is 32.5. The van der Waals surface area contributed by atoms with E-state index in [1.807, 2.05) is 0 Å². The van der Waals surface area contributed by atoms with Crippen molar-refractivity contribution in [2.24, 2.45) is 0 Å². The zero-order valence-electron chi connectivity index (χ0n) is 7.06. The van der Waals surface area contributed by atoms with Crippen LogP contribution >= 0.6 is 12.6 Å². The molecule has 0 atom stereocenters. The van der Waals surface area contributed by atoms with Crippen molar-refractivity contribution in [2.75, 3.05) is 0 Å². The molecule has 2 aromatic rings. The third-order valence-corrected chi connectivity index (χ3v) is 2.81. The Morgan fingerprint density at radius 3 is 2.67 bits per heavy atom. The Hall–Kier alpha value is -0.310. The smallest absolute Gasteiger partial charge is 0.744 e. The quantitative estimate of drug-likeness (QED) is 0.457. The second-order valence-corrected chi connectivity index (χ2v) is 4.44. The molecule has 8 heteroatoms. The number of thiol groups is 1. The van der Waals surface area contributed by atoms with Crippen molar-refractivity contribution in [3.8, 4) is 0 Å². The predicted molar refractivity (Wildman–Crippen MR) is 51.3 cm³/mol. The van der Waals surface area contributed by atoms with Gasteiger partial charge < -0.3 is 9.54 Å². The van der Waals surface area contributed by atoms with Crippen LogP contribution in [0.4, 0.5) is 0 Å². The number of para-hydroxylation sites is 1. The van der Waals surface area contributed by atoms with Crippen molar-refractivity contribution in [1.29, 1.82) is 0 Å². The van der Waals surface area contributed by atoms with E-state index < -0.39 is 10.1 Å². The molecule has 0 aliphatic heterocycles. The van der Waals surface area contributed by atoms with Crippen LogP contribution in [-0.2, 0) is 32.5 Å². The number of imidazole rings is 1. The van der Waals surface area contributed by atoms with Crippen molar-refractivity contribution < 1.29 is 35.4 Å². The molecule has 0 aliphatic rings. The second-order valence-electron chi connectivity index (χ2n) is 2.67. The van der Waals surface area contributed by atoms with E-state index in [0.29, 0.717) is 5.52 Å². The number of nitrogens with one attached hydrogen (secondary N) is 1. The number of fused-ring (bicyclic) bond motifs is 1. The Bertz CT molecular complexity index is 593. The molecule has 5 nitrogen and oxygen atoms in total. The summed E-state index contributed by atoms with van der Waals surface area (Å²) in [6.45, 7) is 0. The Morgan fingerprint density at radius 1 is 1.40 bits per heavy atom. The summed E-state index contributed by atoms with van der Waals surface area (Å²) in [5.41, 5.74) is 0.611. The molecular formula is C7H5AgN2O3S2. The van der Waals surface area contributed by atoms with Crippen LogP contribution in [-0.4, -0.2) is 22.9 Å². The fourth-order valence-corrected chi connectivity index (χ4v) is 2.05. The first-order valence-corrected chi connectivity index (χ1v) is 5.47. The van der Waals surface area contributed by atoms with Crippen LogP contribution in [0.2, 0.25) is 0 Å². The van der Waals surface area contributed by atoms with Gasteiger partial charge in [0.25, 0.3) is 0 Å². The Morgan fingerprint density at radius 2 is 2.07 bits per heavy atom. The monoisotopic (exact) mass is 336 g/mol. The van der Waals surface area contributed by atoms with Crippen LogP contribution in [0.3, 0.4) is 0 Å². The molecule has 0 amide bonds. The van der Waals surface area contributed by atoms with Gasteiger partial charge in [-0.05, 0) is 12.1 Å². The Kier molecular flexibility index (Phi) is 3.64. The fraction of sp³-hybridized carbons (Fsp3) is 0. The van der Waals surface area contributed by atoms with Crippen molar-refractivity contribution in [2.45, 2.75) is 10.1 Å². The van der Waals surface area contributed by atoms with Crippen molar-refractivity contribution >= 4 is 33.8 Å². The minimum Gasteiger partial charge on any atom is -0.744 e. The molecule has 0 bridgehead atoms. The molecule has 15 heavy (non-hydrogen) atoms. The summed E-state index contributed by atoms with van der Waals surface area (Å²) in [6, 6.07) is 4.31. The molecule has 0 radical (unpaired) electrons. The molecule has 84 valence electrons. The van der Waals surface area contributed by atoms with Gasteiger partial charge in [0.2, 0.25) is 0 Å². The Balaban J connectivity index is 0.00000112. The normalized spacial score (nSPS) is 11.3. The van der Waals surface area contributed by atoms with Crippen LogP contribution in [0, 0.1) is 0 Å². The van der Waals surface area contributed by atoms with Crippen LogP contribution in [0.25, 0.3) is 11.0 Å². The molecule has 1 N–H and O–H groups in total. The first kappa shape index (κ1) is 12.8. The largest absolute Gasteiger partial charge is 1.00 e. The van der Waals surface area contributed by atoms with Gasteiger partial charge in [0, 0.05) is 0 Å². The van der Waals surface area contributed by atoms with Gasteiger partial charge in [-0.25, -0.2) is 13.4 Å². The molecule has 1 aromatic carbocycles. The van der Waals surface area contributed by atoms with E-state index in [9.17, 15) is 13.0 Å². The number of H-pyrrole nitrogens is 1. The van der Waals surface area contributed by atoms with Gasteiger partial charge in [0.1, 0.15) is 15.6 Å². The van der Waals surface area contributed by atoms with Gasteiger partial charge in [-0.2, -0.15) is 0 Å². The first-order valence-electron chi connectivity index (χ1n) is 3.62. The van der Waals surface area contributed by atoms with E-state index >= 15 is 0 Å². The number of benzene rings is 1. The number of aromatic amines is 1. The number of hydrogen-bond acceptors (Lipinski definition) is 5. The van der Waals surface area contributed by atoms with Gasteiger partial charge in [-0.15, -0.1) is 12.6 Å². The summed E-state index contributed by atoms with van der Waals surface area (Å²) >= 11 is 3.92. The van der Waals surface area contributed by atoms with Crippen molar-refractivity contribution in [3.05, 3.63) is 18.2 Å². The molecule has 2 rings (SSSR count). The average molecular weight is 337 g/mol. The third kappa shape index (κ3) is 2.44. The topological polar surface area (TPSA) is 85.9 Å². The molecule has 0 aliphatic carbocycles. The van der Waals surface area contributed by atoms with Crippen molar-refractivity contribution in [3.63, 3.8) is 0 Å². The van der Waals surface area contributed by atoms with Crippen LogP contribution < -0.4 is 0 Å². The Labute approximate surface area is 107 Å². The van der Waals surface area contributed by atoms with E-state index in [-0.39, 0.29) is 37.9 Å². The average Bonchev–Trinajstić information content (AvgIpc) is 2.41. The molecule has 0 saturated heterocycles. The van der Waals surface area contributed by atoms with Gasteiger partial charge in [0.15, 0.2) is 5.16 Å². The zero-order chi connectivity index (χ0) is 10.3. The maximum Gasteiger partial charge on any atom is 1.00 e. The minimum absolute atomic E-state index is 0. The molecule has 0 saturated carbocycles. The molecule has 1 heterocycles. The van der Waals surface area contributed by atoms with E-state index in [1.54, 1.807) is 6.07 Å². The van der Waals surface area contributed by atoms with Crippen LogP contribution in [0.5, 0.6) is 0 Å². The van der Waals surface area contributed by atoms with E-state index in [0.717, 1.165) is 0 Å². The van der Waals surface area contributed by atoms with Crippen LogP contribution in [0.1, 0.15) is 0 Å². The minimum atomic E-state index is -4.48. The summed E-state index contributed by atoms with van der Waals surface area (Å²) in [6.07, 6.45) is 0. The van der Waals surface area contributed by atoms with E-state index in [2.05, 4.69) is 22.6 Å². The SMILES string of the molecule is O=S(=O)([O-])c1cccc2[nH]c(S)nc12.[Ag+]. The summed E-state index contributed by atoms with van der Waals surface area (Å²) in [5.74, 6) is 0. The number of hydrogen-bond donors (Lipinski definition) is 2. The fourth-order valence-electron chi connectivity index (χ4n) is 1.19. The number of nitrogens with zero attached hydrogens (tertiary/aromatic N) is 1. The predicted octanol–water partition coefficient (Wildman–Crippen LogP) is 0.753. The van der Waals surface area contributed by atoms with Crippen molar-refractivity contribution in [1.82, 2.24) is 9.97 Å². The standard InChI is InChI=1S/C7H6N2O3S2.Ag/c10-14(11,12)5-3-1-2-4-6(5)9-7(13)8-4;/h1-3H,(H2,8,9,13)(H,10,11,12);/q;+1/p-1. The third-order valence-electron chi connectivity index (χ3n) is 1.73.